The van der Waals surface area contributed by atoms with Gasteiger partial charge in [0.1, 0.15) is 6.54 Å². The monoisotopic (exact) mass is 208 g/mol. The van der Waals surface area contributed by atoms with Crippen molar-refractivity contribution in [3.8, 4) is 12.3 Å². The SMILES string of the molecule is C#CCN(CC(=O)O)C(=O)c1ccno1. The lowest BCUT2D eigenvalue weighted by molar-refractivity contribution is -0.137. The third kappa shape index (κ3) is 2.84. The van der Waals surface area contributed by atoms with Gasteiger partial charge in [-0.3, -0.25) is 9.59 Å². The lowest BCUT2D eigenvalue weighted by atomic mass is 10.3. The summed E-state index contributed by atoms with van der Waals surface area (Å²) in [5.41, 5.74) is 0. The fraction of sp³-hybridized carbons (Fsp3) is 0.222. The molecule has 0 aliphatic rings. The number of amides is 1. The minimum Gasteiger partial charge on any atom is -0.480 e. The molecule has 1 aromatic heterocycles. The molecule has 6 nitrogen and oxygen atoms in total. The largest absolute Gasteiger partial charge is 0.480 e. The predicted octanol–water partition coefficient (Wildman–Crippen LogP) is -0.165. The lowest BCUT2D eigenvalue weighted by Gasteiger charge is -2.15. The molecule has 1 aromatic rings. The Kier molecular flexibility index (Phi) is 3.46. The van der Waals surface area contributed by atoms with Gasteiger partial charge < -0.3 is 14.5 Å². The summed E-state index contributed by atoms with van der Waals surface area (Å²) in [6.45, 7) is -0.560. The Labute approximate surface area is 85.5 Å². The number of hydrogen-bond acceptors (Lipinski definition) is 4. The zero-order chi connectivity index (χ0) is 11.3. The van der Waals surface area contributed by atoms with E-state index in [-0.39, 0.29) is 12.3 Å². The van der Waals surface area contributed by atoms with Crippen molar-refractivity contribution in [3.05, 3.63) is 18.0 Å². The highest BCUT2D eigenvalue weighted by Gasteiger charge is 2.20. The average Bonchev–Trinajstić information content (AvgIpc) is 2.68. The van der Waals surface area contributed by atoms with Crippen molar-refractivity contribution in [3.63, 3.8) is 0 Å². The first-order chi connectivity index (χ1) is 7.15. The molecule has 0 saturated carbocycles. The summed E-state index contributed by atoms with van der Waals surface area (Å²) in [5.74, 6) is 0.429. The number of aliphatic carboxylic acids is 1. The molecule has 1 amide bonds. The van der Waals surface area contributed by atoms with Gasteiger partial charge in [-0.1, -0.05) is 11.1 Å². The molecule has 0 radical (unpaired) electrons. The van der Waals surface area contributed by atoms with E-state index in [4.69, 9.17) is 11.5 Å². The molecule has 0 saturated heterocycles. The molecule has 0 unspecified atom stereocenters. The quantitative estimate of drug-likeness (QED) is 0.695. The Hall–Kier alpha value is -2.29. The van der Waals surface area contributed by atoms with Crippen molar-refractivity contribution < 1.29 is 19.2 Å². The fourth-order valence-corrected chi connectivity index (χ4v) is 0.955. The molecule has 0 spiro atoms. The van der Waals surface area contributed by atoms with Crippen LogP contribution in [0.25, 0.3) is 0 Å². The molecule has 0 fully saturated rings. The smallest absolute Gasteiger partial charge is 0.323 e. The Balaban J connectivity index is 2.76. The van der Waals surface area contributed by atoms with E-state index in [2.05, 4.69) is 15.6 Å². The molecule has 0 aromatic carbocycles. The van der Waals surface area contributed by atoms with Gasteiger partial charge in [0.05, 0.1) is 12.7 Å². The first kappa shape index (κ1) is 10.8. The second-order valence-electron chi connectivity index (χ2n) is 2.64. The van der Waals surface area contributed by atoms with Crippen molar-refractivity contribution in [1.29, 1.82) is 0 Å². The Morgan fingerprint density at radius 3 is 2.87 bits per heavy atom. The van der Waals surface area contributed by atoms with Crippen LogP contribution >= 0.6 is 0 Å². The maximum absolute atomic E-state index is 11.6. The summed E-state index contributed by atoms with van der Waals surface area (Å²) in [4.78, 5) is 23.0. The number of aromatic nitrogens is 1. The number of hydrogen-bond donors (Lipinski definition) is 1. The van der Waals surface area contributed by atoms with Gasteiger partial charge in [0.2, 0.25) is 5.76 Å². The summed E-state index contributed by atoms with van der Waals surface area (Å²) < 4.78 is 4.60. The minimum atomic E-state index is -1.14. The van der Waals surface area contributed by atoms with Gasteiger partial charge in [-0.05, 0) is 0 Å². The molecule has 0 aliphatic heterocycles. The molecule has 78 valence electrons. The van der Waals surface area contributed by atoms with E-state index in [9.17, 15) is 9.59 Å². The van der Waals surface area contributed by atoms with Crippen LogP contribution in [0, 0.1) is 12.3 Å². The van der Waals surface area contributed by atoms with Crippen molar-refractivity contribution in [2.45, 2.75) is 0 Å². The third-order valence-corrected chi connectivity index (χ3v) is 1.54. The first-order valence-electron chi connectivity index (χ1n) is 4.00. The van der Waals surface area contributed by atoms with Gasteiger partial charge in [0, 0.05) is 6.07 Å². The van der Waals surface area contributed by atoms with Gasteiger partial charge in [-0.25, -0.2) is 0 Å². The summed E-state index contributed by atoms with van der Waals surface area (Å²) in [7, 11) is 0. The highest BCUT2D eigenvalue weighted by Crippen LogP contribution is 2.02. The molecule has 0 aliphatic carbocycles. The van der Waals surface area contributed by atoms with Crippen LogP contribution in [0.2, 0.25) is 0 Å². The second kappa shape index (κ2) is 4.81. The minimum absolute atomic E-state index is 0.0356. The number of carbonyl (C=O) groups excluding carboxylic acids is 1. The lowest BCUT2D eigenvalue weighted by Crippen LogP contribution is -2.35. The molecule has 1 rings (SSSR count). The maximum atomic E-state index is 11.6. The maximum Gasteiger partial charge on any atom is 0.323 e. The number of rotatable bonds is 4. The summed E-state index contributed by atoms with van der Waals surface area (Å²) in [5, 5.41) is 11.9. The number of terminal acetylenes is 1. The van der Waals surface area contributed by atoms with E-state index in [1.54, 1.807) is 0 Å². The van der Waals surface area contributed by atoms with Crippen molar-refractivity contribution in [2.24, 2.45) is 0 Å². The Morgan fingerprint density at radius 1 is 1.67 bits per heavy atom. The van der Waals surface area contributed by atoms with Crippen LogP contribution in [0.3, 0.4) is 0 Å². The van der Waals surface area contributed by atoms with Gasteiger partial charge in [0.25, 0.3) is 5.91 Å². The predicted molar refractivity (Wildman–Crippen MR) is 48.9 cm³/mol. The van der Waals surface area contributed by atoms with Crippen molar-refractivity contribution in [1.82, 2.24) is 10.1 Å². The van der Waals surface area contributed by atoms with E-state index in [1.165, 1.54) is 12.3 Å². The standard InChI is InChI=1S/C9H8N2O4/c1-2-5-11(6-8(12)13)9(14)7-3-4-10-15-7/h1,3-4H,5-6H2,(H,12,13). The molecule has 1 heterocycles. The van der Waals surface area contributed by atoms with Crippen molar-refractivity contribution in [2.75, 3.05) is 13.1 Å². The number of nitrogens with zero attached hydrogens (tertiary/aromatic N) is 2. The van der Waals surface area contributed by atoms with E-state index < -0.39 is 18.4 Å². The van der Waals surface area contributed by atoms with Crippen LogP contribution in [-0.2, 0) is 4.79 Å². The van der Waals surface area contributed by atoms with Crippen LogP contribution in [0.4, 0.5) is 0 Å². The van der Waals surface area contributed by atoms with Gasteiger partial charge in [0.15, 0.2) is 0 Å². The molecule has 0 atom stereocenters. The summed E-state index contributed by atoms with van der Waals surface area (Å²) in [6.07, 6.45) is 6.31. The normalized spacial score (nSPS) is 9.27. The molecule has 0 bridgehead atoms. The van der Waals surface area contributed by atoms with Crippen LogP contribution in [0.5, 0.6) is 0 Å². The zero-order valence-corrected chi connectivity index (χ0v) is 7.71. The van der Waals surface area contributed by atoms with Crippen LogP contribution < -0.4 is 0 Å². The highest BCUT2D eigenvalue weighted by molar-refractivity contribution is 5.93. The van der Waals surface area contributed by atoms with Crippen LogP contribution in [0.1, 0.15) is 10.6 Å². The number of carbonyl (C=O) groups is 2. The van der Waals surface area contributed by atoms with Gasteiger partial charge >= 0.3 is 5.97 Å². The first-order valence-corrected chi connectivity index (χ1v) is 4.00. The molecule has 6 heteroatoms. The highest BCUT2D eigenvalue weighted by atomic mass is 16.5. The average molecular weight is 208 g/mol. The molecule has 1 N–H and O–H groups in total. The van der Waals surface area contributed by atoms with Crippen molar-refractivity contribution >= 4 is 11.9 Å². The molecular formula is C9H8N2O4. The number of carboxylic acids is 1. The molecule has 15 heavy (non-hydrogen) atoms. The fourth-order valence-electron chi connectivity index (χ4n) is 0.955. The Bertz CT molecular complexity index is 391. The van der Waals surface area contributed by atoms with E-state index >= 15 is 0 Å². The van der Waals surface area contributed by atoms with Crippen LogP contribution in [-0.4, -0.2) is 40.1 Å². The summed E-state index contributed by atoms with van der Waals surface area (Å²) in [6, 6.07) is 1.34. The van der Waals surface area contributed by atoms with E-state index in [1.807, 2.05) is 0 Å². The van der Waals surface area contributed by atoms with Crippen LogP contribution in [0.15, 0.2) is 16.8 Å². The second-order valence-corrected chi connectivity index (χ2v) is 2.64. The Morgan fingerprint density at radius 2 is 2.40 bits per heavy atom. The number of carboxylic acid groups (broad SMARTS) is 1. The van der Waals surface area contributed by atoms with Gasteiger partial charge in [-0.2, -0.15) is 0 Å². The third-order valence-electron chi connectivity index (χ3n) is 1.54. The summed E-state index contributed by atoms with van der Waals surface area (Å²) >= 11 is 0. The van der Waals surface area contributed by atoms with E-state index in [0.29, 0.717) is 0 Å². The topological polar surface area (TPSA) is 83.6 Å². The van der Waals surface area contributed by atoms with Gasteiger partial charge in [-0.15, -0.1) is 6.42 Å². The van der Waals surface area contributed by atoms with E-state index in [0.717, 1.165) is 4.90 Å². The molecular weight excluding hydrogens is 200 g/mol. The zero-order valence-electron chi connectivity index (χ0n) is 7.71.